The highest BCUT2D eigenvalue weighted by atomic mass is 79.9. The number of hydrogen-bond acceptors (Lipinski definition) is 3. The van der Waals surface area contributed by atoms with Crippen molar-refractivity contribution in [2.45, 2.75) is 13.0 Å². The Bertz CT molecular complexity index is 604. The van der Waals surface area contributed by atoms with E-state index < -0.39 is 12.1 Å². The van der Waals surface area contributed by atoms with E-state index in [0.717, 1.165) is 6.08 Å². The molecule has 0 radical (unpaired) electrons. The molecule has 1 aromatic rings. The third kappa shape index (κ3) is 5.71. The Morgan fingerprint density at radius 2 is 2.29 bits per heavy atom. The quantitative estimate of drug-likeness (QED) is 0.607. The number of benzene rings is 1. The van der Waals surface area contributed by atoms with Gasteiger partial charge in [-0.3, -0.25) is 4.79 Å². The molecule has 5 nitrogen and oxygen atoms in total. The van der Waals surface area contributed by atoms with Crippen LogP contribution in [-0.4, -0.2) is 29.6 Å². The van der Waals surface area contributed by atoms with Gasteiger partial charge in [-0.25, -0.2) is 4.79 Å². The number of amides is 1. The number of ether oxygens (including phenoxy) is 1. The molecule has 0 aromatic heterocycles. The topological polar surface area (TPSA) is 75.6 Å². The van der Waals surface area contributed by atoms with Crippen molar-refractivity contribution in [3.8, 4) is 18.1 Å². The van der Waals surface area contributed by atoms with E-state index in [4.69, 9.17) is 16.3 Å². The summed E-state index contributed by atoms with van der Waals surface area (Å²) in [6.45, 7) is 1.75. The second-order valence-corrected chi connectivity index (χ2v) is 4.90. The van der Waals surface area contributed by atoms with Gasteiger partial charge in [0.15, 0.2) is 6.10 Å². The predicted molar refractivity (Wildman–Crippen MR) is 82.7 cm³/mol. The lowest BCUT2D eigenvalue weighted by Gasteiger charge is -2.15. The number of carboxylic acid groups (broad SMARTS) is 1. The molecule has 110 valence electrons. The van der Waals surface area contributed by atoms with E-state index in [2.05, 4.69) is 27.2 Å². The molecule has 1 aromatic carbocycles. The number of aliphatic carboxylic acids is 1. The zero-order valence-electron chi connectivity index (χ0n) is 11.3. The Morgan fingerprint density at radius 3 is 2.86 bits per heavy atom. The second-order valence-electron chi connectivity index (χ2n) is 4.04. The zero-order chi connectivity index (χ0) is 15.8. The first-order valence-electron chi connectivity index (χ1n) is 6.02. The first-order chi connectivity index (χ1) is 9.93. The molecule has 1 unspecified atom stereocenters. The number of rotatable bonds is 6. The van der Waals surface area contributed by atoms with Crippen LogP contribution in [0, 0.1) is 12.3 Å². The molecular weight excluding hydrogens is 338 g/mol. The lowest BCUT2D eigenvalue weighted by Crippen LogP contribution is -2.36. The van der Waals surface area contributed by atoms with Crippen LogP contribution in [0.4, 0.5) is 0 Å². The molecule has 0 fully saturated rings. The fourth-order valence-electron chi connectivity index (χ4n) is 1.41. The standard InChI is InChI=1S/C15H14BrNO4/c1-3-8-17-15(20)10(2)21-13-6-4-11(9-12(13)16)5-7-14(18)19/h1,4-7,9-10H,8H2,2H3,(H,17,20)(H,18,19). The summed E-state index contributed by atoms with van der Waals surface area (Å²) >= 11 is 3.31. The fourth-order valence-corrected chi connectivity index (χ4v) is 1.90. The smallest absolute Gasteiger partial charge is 0.328 e. The lowest BCUT2D eigenvalue weighted by molar-refractivity contribution is -0.131. The molecule has 0 saturated heterocycles. The van der Waals surface area contributed by atoms with Crippen LogP contribution in [0.3, 0.4) is 0 Å². The number of carbonyl (C=O) groups excluding carboxylic acids is 1. The van der Waals surface area contributed by atoms with Gasteiger partial charge in [0.1, 0.15) is 5.75 Å². The van der Waals surface area contributed by atoms with Crippen LogP contribution in [0.5, 0.6) is 5.75 Å². The maximum atomic E-state index is 11.6. The summed E-state index contributed by atoms with van der Waals surface area (Å²) in [5.41, 5.74) is 0.695. The Hall–Kier alpha value is -2.26. The molecular formula is C15H14BrNO4. The molecule has 0 aliphatic carbocycles. The van der Waals surface area contributed by atoms with Gasteiger partial charge in [0.2, 0.25) is 0 Å². The van der Waals surface area contributed by atoms with Crippen LogP contribution in [0.15, 0.2) is 28.7 Å². The molecule has 0 heterocycles. The number of carbonyl (C=O) groups is 2. The largest absolute Gasteiger partial charge is 0.480 e. The summed E-state index contributed by atoms with van der Waals surface area (Å²) in [6, 6.07) is 5.03. The number of nitrogens with one attached hydrogen (secondary N) is 1. The number of hydrogen-bond donors (Lipinski definition) is 2. The summed E-state index contributed by atoms with van der Waals surface area (Å²) in [7, 11) is 0. The minimum absolute atomic E-state index is 0.145. The number of carboxylic acids is 1. The van der Waals surface area contributed by atoms with E-state index in [1.165, 1.54) is 6.08 Å². The number of halogens is 1. The van der Waals surface area contributed by atoms with E-state index in [9.17, 15) is 9.59 Å². The third-order valence-electron chi connectivity index (χ3n) is 2.41. The Morgan fingerprint density at radius 1 is 1.57 bits per heavy atom. The molecule has 0 bridgehead atoms. The van der Waals surface area contributed by atoms with Crippen LogP contribution in [0.2, 0.25) is 0 Å². The predicted octanol–water partition coefficient (Wildman–Crippen LogP) is 2.06. The molecule has 0 saturated carbocycles. The SMILES string of the molecule is C#CCNC(=O)C(C)Oc1ccc(C=CC(=O)O)cc1Br. The Labute approximate surface area is 131 Å². The van der Waals surface area contributed by atoms with Gasteiger partial charge in [-0.2, -0.15) is 0 Å². The fraction of sp³-hybridized carbons (Fsp3) is 0.200. The molecule has 0 spiro atoms. The first-order valence-corrected chi connectivity index (χ1v) is 6.81. The zero-order valence-corrected chi connectivity index (χ0v) is 12.9. The van der Waals surface area contributed by atoms with Gasteiger partial charge in [-0.1, -0.05) is 12.0 Å². The third-order valence-corrected chi connectivity index (χ3v) is 3.03. The lowest BCUT2D eigenvalue weighted by atomic mass is 10.2. The summed E-state index contributed by atoms with van der Waals surface area (Å²) in [6.07, 6.45) is 6.86. The van der Waals surface area contributed by atoms with Crippen molar-refractivity contribution in [3.63, 3.8) is 0 Å². The molecule has 1 atom stereocenters. The minimum Gasteiger partial charge on any atom is -0.480 e. The highest BCUT2D eigenvalue weighted by molar-refractivity contribution is 9.10. The van der Waals surface area contributed by atoms with Crippen LogP contribution >= 0.6 is 15.9 Å². The van der Waals surface area contributed by atoms with Crippen LogP contribution < -0.4 is 10.1 Å². The van der Waals surface area contributed by atoms with E-state index in [1.807, 2.05) is 0 Å². The van der Waals surface area contributed by atoms with Crippen molar-refractivity contribution in [1.82, 2.24) is 5.32 Å². The maximum absolute atomic E-state index is 11.6. The average molecular weight is 352 g/mol. The first kappa shape index (κ1) is 16.8. The molecule has 2 N–H and O–H groups in total. The van der Waals surface area contributed by atoms with Gasteiger partial charge in [-0.15, -0.1) is 6.42 Å². The van der Waals surface area contributed by atoms with Crippen molar-refractivity contribution in [1.29, 1.82) is 0 Å². The van der Waals surface area contributed by atoms with Crippen molar-refractivity contribution in [2.75, 3.05) is 6.54 Å². The molecule has 0 aliphatic rings. The normalized spacial score (nSPS) is 11.7. The van der Waals surface area contributed by atoms with Gasteiger partial charge in [0.05, 0.1) is 11.0 Å². The van der Waals surface area contributed by atoms with Crippen LogP contribution in [-0.2, 0) is 9.59 Å². The minimum atomic E-state index is -1.02. The summed E-state index contributed by atoms with van der Waals surface area (Å²) in [5, 5.41) is 11.1. The Balaban J connectivity index is 2.75. The van der Waals surface area contributed by atoms with Crippen LogP contribution in [0.25, 0.3) is 6.08 Å². The summed E-state index contributed by atoms with van der Waals surface area (Å²) in [4.78, 5) is 22.1. The highest BCUT2D eigenvalue weighted by Gasteiger charge is 2.15. The average Bonchev–Trinajstić information content (AvgIpc) is 2.44. The monoisotopic (exact) mass is 351 g/mol. The van der Waals surface area contributed by atoms with Crippen molar-refractivity contribution in [2.24, 2.45) is 0 Å². The molecule has 1 rings (SSSR count). The van der Waals surface area contributed by atoms with Gasteiger partial charge >= 0.3 is 5.97 Å². The summed E-state index contributed by atoms with van der Waals surface area (Å²) < 4.78 is 6.13. The van der Waals surface area contributed by atoms with Crippen molar-refractivity contribution >= 4 is 33.9 Å². The number of terminal acetylenes is 1. The van der Waals surface area contributed by atoms with E-state index in [0.29, 0.717) is 15.8 Å². The van der Waals surface area contributed by atoms with E-state index in [-0.39, 0.29) is 12.5 Å². The van der Waals surface area contributed by atoms with Crippen molar-refractivity contribution < 1.29 is 19.4 Å². The van der Waals surface area contributed by atoms with Crippen molar-refractivity contribution in [3.05, 3.63) is 34.3 Å². The van der Waals surface area contributed by atoms with Gasteiger partial charge < -0.3 is 15.2 Å². The van der Waals surface area contributed by atoms with E-state index >= 15 is 0 Å². The van der Waals surface area contributed by atoms with Gasteiger partial charge in [-0.05, 0) is 46.6 Å². The Kier molecular flexibility index (Phi) is 6.50. The van der Waals surface area contributed by atoms with Crippen LogP contribution in [0.1, 0.15) is 12.5 Å². The van der Waals surface area contributed by atoms with E-state index in [1.54, 1.807) is 25.1 Å². The van der Waals surface area contributed by atoms with Gasteiger partial charge in [0.25, 0.3) is 5.91 Å². The molecule has 0 aliphatic heterocycles. The molecule has 6 heteroatoms. The highest BCUT2D eigenvalue weighted by Crippen LogP contribution is 2.27. The molecule has 21 heavy (non-hydrogen) atoms. The second kappa shape index (κ2) is 8.12. The summed E-state index contributed by atoms with van der Waals surface area (Å²) in [5.74, 6) is 1.45. The maximum Gasteiger partial charge on any atom is 0.328 e. The molecule has 1 amide bonds. The van der Waals surface area contributed by atoms with Gasteiger partial charge in [0, 0.05) is 6.08 Å².